The molecule has 1 aliphatic rings. The van der Waals surface area contributed by atoms with Gasteiger partial charge in [0.1, 0.15) is 18.5 Å². The van der Waals surface area contributed by atoms with Crippen molar-refractivity contribution in [3.8, 4) is 5.75 Å². The number of hydrogen-bond donors (Lipinski definition) is 0. The molecule has 1 fully saturated rings. The summed E-state index contributed by atoms with van der Waals surface area (Å²) in [5.41, 5.74) is 2.54. The zero-order valence-corrected chi connectivity index (χ0v) is 14.2. The molecule has 1 unspecified atom stereocenters. The van der Waals surface area contributed by atoms with Gasteiger partial charge < -0.3 is 14.4 Å². The van der Waals surface area contributed by atoms with Crippen LogP contribution >= 0.6 is 0 Å². The highest BCUT2D eigenvalue weighted by Crippen LogP contribution is 2.29. The Balaban J connectivity index is 1.89. The van der Waals surface area contributed by atoms with E-state index in [-0.39, 0.29) is 12.0 Å². The fraction of sp³-hybridized carbons (Fsp3) is 0.350. The molecule has 3 rings (SSSR count). The number of epoxide rings is 1. The van der Waals surface area contributed by atoms with Crippen molar-refractivity contribution in [3.63, 3.8) is 0 Å². The number of amides is 1. The Morgan fingerprint density at radius 2 is 1.96 bits per heavy atom. The van der Waals surface area contributed by atoms with Gasteiger partial charge in [-0.1, -0.05) is 43.7 Å². The van der Waals surface area contributed by atoms with Crippen molar-refractivity contribution < 1.29 is 14.3 Å². The minimum Gasteiger partial charge on any atom is -0.490 e. The van der Waals surface area contributed by atoms with E-state index in [1.54, 1.807) is 11.9 Å². The molecular formula is C20H23NO3. The number of anilines is 1. The second-order valence-electron chi connectivity index (χ2n) is 6.01. The Bertz CT molecular complexity index is 695. The van der Waals surface area contributed by atoms with Crippen molar-refractivity contribution in [1.29, 1.82) is 0 Å². The van der Waals surface area contributed by atoms with Gasteiger partial charge in [-0.3, -0.25) is 4.79 Å². The van der Waals surface area contributed by atoms with Crippen LogP contribution in [0.5, 0.6) is 5.75 Å². The van der Waals surface area contributed by atoms with E-state index in [1.165, 1.54) is 0 Å². The predicted octanol–water partition coefficient (Wildman–Crippen LogP) is 3.69. The average Bonchev–Trinajstić information content (AvgIpc) is 3.44. The first-order valence-corrected chi connectivity index (χ1v) is 8.40. The van der Waals surface area contributed by atoms with Crippen molar-refractivity contribution in [2.45, 2.75) is 25.9 Å². The van der Waals surface area contributed by atoms with E-state index in [4.69, 9.17) is 9.47 Å². The van der Waals surface area contributed by atoms with Gasteiger partial charge >= 0.3 is 0 Å². The zero-order chi connectivity index (χ0) is 16.9. The largest absolute Gasteiger partial charge is 0.490 e. The highest BCUT2D eigenvalue weighted by molar-refractivity contribution is 6.07. The summed E-state index contributed by atoms with van der Waals surface area (Å²) in [5, 5.41) is 0. The van der Waals surface area contributed by atoms with E-state index >= 15 is 0 Å². The molecule has 0 bridgehead atoms. The summed E-state index contributed by atoms with van der Waals surface area (Å²) >= 11 is 0. The smallest absolute Gasteiger partial charge is 0.261 e. The third-order valence-corrected chi connectivity index (χ3v) is 4.11. The molecule has 1 aliphatic heterocycles. The molecule has 126 valence electrons. The number of ether oxygens (including phenoxy) is 2. The number of hydrogen-bond acceptors (Lipinski definition) is 3. The summed E-state index contributed by atoms with van der Waals surface area (Å²) < 4.78 is 11.2. The van der Waals surface area contributed by atoms with Crippen LogP contribution in [0.4, 0.5) is 5.69 Å². The Hall–Kier alpha value is -2.33. The highest BCUT2D eigenvalue weighted by Gasteiger charge is 2.26. The number of benzene rings is 2. The van der Waals surface area contributed by atoms with Gasteiger partial charge in [-0.2, -0.15) is 0 Å². The maximum Gasteiger partial charge on any atom is 0.261 e. The SMILES string of the molecule is CCCc1cccc(C(=O)N(C)c2ccccc2)c1OCC1CO1. The Kier molecular flexibility index (Phi) is 5.16. The summed E-state index contributed by atoms with van der Waals surface area (Å²) in [6.07, 6.45) is 2.05. The number of aryl methyl sites for hydroxylation is 1. The quantitative estimate of drug-likeness (QED) is 0.729. The molecule has 0 radical (unpaired) electrons. The van der Waals surface area contributed by atoms with E-state index in [0.717, 1.165) is 30.7 Å². The molecule has 4 nitrogen and oxygen atoms in total. The van der Waals surface area contributed by atoms with Crippen LogP contribution in [0.1, 0.15) is 29.3 Å². The Morgan fingerprint density at radius 1 is 1.21 bits per heavy atom. The van der Waals surface area contributed by atoms with Crippen LogP contribution in [-0.2, 0) is 11.2 Å². The molecule has 0 aromatic heterocycles. The maximum absolute atomic E-state index is 13.0. The lowest BCUT2D eigenvalue weighted by Gasteiger charge is -2.21. The van der Waals surface area contributed by atoms with Crippen LogP contribution in [0.15, 0.2) is 48.5 Å². The molecule has 0 aliphatic carbocycles. The second-order valence-corrected chi connectivity index (χ2v) is 6.01. The van der Waals surface area contributed by atoms with Gasteiger partial charge in [0.15, 0.2) is 0 Å². The number of rotatable bonds is 7. The van der Waals surface area contributed by atoms with Crippen LogP contribution in [0, 0.1) is 0 Å². The molecule has 2 aromatic carbocycles. The topological polar surface area (TPSA) is 42.1 Å². The minimum absolute atomic E-state index is 0.0640. The molecule has 0 saturated carbocycles. The first-order valence-electron chi connectivity index (χ1n) is 8.40. The van der Waals surface area contributed by atoms with E-state index in [0.29, 0.717) is 17.9 Å². The van der Waals surface area contributed by atoms with Crippen molar-refractivity contribution in [1.82, 2.24) is 0 Å². The van der Waals surface area contributed by atoms with Crippen LogP contribution in [-0.4, -0.2) is 32.3 Å². The maximum atomic E-state index is 13.0. The molecule has 4 heteroatoms. The van der Waals surface area contributed by atoms with Gasteiger partial charge in [-0.15, -0.1) is 0 Å². The number of carbonyl (C=O) groups is 1. The fourth-order valence-corrected chi connectivity index (χ4v) is 2.68. The van der Waals surface area contributed by atoms with E-state index < -0.39 is 0 Å². The third-order valence-electron chi connectivity index (χ3n) is 4.11. The van der Waals surface area contributed by atoms with Gasteiger partial charge in [0, 0.05) is 12.7 Å². The zero-order valence-electron chi connectivity index (χ0n) is 14.2. The van der Waals surface area contributed by atoms with Gasteiger partial charge in [0.05, 0.1) is 12.2 Å². The molecule has 1 amide bonds. The lowest BCUT2D eigenvalue weighted by atomic mass is 10.0. The van der Waals surface area contributed by atoms with Gasteiger partial charge in [0.2, 0.25) is 0 Å². The normalized spacial score (nSPS) is 15.8. The van der Waals surface area contributed by atoms with Gasteiger partial charge in [-0.05, 0) is 30.2 Å². The van der Waals surface area contributed by atoms with Crippen molar-refractivity contribution >= 4 is 11.6 Å². The van der Waals surface area contributed by atoms with Gasteiger partial charge in [0.25, 0.3) is 5.91 Å². The summed E-state index contributed by atoms with van der Waals surface area (Å²) in [4.78, 5) is 14.7. The Labute approximate surface area is 143 Å². The van der Waals surface area contributed by atoms with E-state index in [9.17, 15) is 4.79 Å². The summed E-state index contributed by atoms with van der Waals surface area (Å²) in [6, 6.07) is 15.4. The first-order chi connectivity index (χ1) is 11.7. The standard InChI is InChI=1S/C20H23NO3/c1-3-8-15-9-7-12-18(19(15)24-14-17-13-23-17)20(22)21(2)16-10-5-4-6-11-16/h4-7,9-12,17H,3,8,13-14H2,1-2H3. The molecule has 2 aromatic rings. The minimum atomic E-state index is -0.0640. The molecule has 1 heterocycles. The summed E-state index contributed by atoms with van der Waals surface area (Å²) in [6.45, 7) is 3.36. The fourth-order valence-electron chi connectivity index (χ4n) is 2.68. The number of nitrogens with zero attached hydrogens (tertiary/aromatic N) is 1. The molecule has 1 saturated heterocycles. The van der Waals surface area contributed by atoms with Crippen molar-refractivity contribution in [2.75, 3.05) is 25.2 Å². The molecule has 24 heavy (non-hydrogen) atoms. The summed E-state index contributed by atoms with van der Waals surface area (Å²) in [5.74, 6) is 0.633. The third kappa shape index (κ3) is 3.77. The lowest BCUT2D eigenvalue weighted by Crippen LogP contribution is -2.27. The lowest BCUT2D eigenvalue weighted by molar-refractivity contribution is 0.0988. The van der Waals surface area contributed by atoms with Crippen molar-refractivity contribution in [2.24, 2.45) is 0 Å². The first kappa shape index (κ1) is 16.5. The van der Waals surface area contributed by atoms with Gasteiger partial charge in [-0.25, -0.2) is 0 Å². The molecular weight excluding hydrogens is 302 g/mol. The number of para-hydroxylation sites is 2. The molecule has 0 N–H and O–H groups in total. The molecule has 0 spiro atoms. The van der Waals surface area contributed by atoms with Crippen LogP contribution in [0.3, 0.4) is 0 Å². The van der Waals surface area contributed by atoms with Crippen LogP contribution in [0.25, 0.3) is 0 Å². The number of carbonyl (C=O) groups excluding carboxylic acids is 1. The molecule has 1 atom stereocenters. The van der Waals surface area contributed by atoms with Crippen LogP contribution in [0.2, 0.25) is 0 Å². The van der Waals surface area contributed by atoms with E-state index in [2.05, 4.69) is 6.92 Å². The predicted molar refractivity (Wildman–Crippen MR) is 94.8 cm³/mol. The highest BCUT2D eigenvalue weighted by atomic mass is 16.6. The summed E-state index contributed by atoms with van der Waals surface area (Å²) in [7, 11) is 1.79. The average molecular weight is 325 g/mol. The van der Waals surface area contributed by atoms with E-state index in [1.807, 2.05) is 48.5 Å². The second kappa shape index (κ2) is 7.49. The van der Waals surface area contributed by atoms with Crippen LogP contribution < -0.4 is 9.64 Å². The Morgan fingerprint density at radius 3 is 2.62 bits per heavy atom. The monoisotopic (exact) mass is 325 g/mol. The van der Waals surface area contributed by atoms with Crippen molar-refractivity contribution in [3.05, 3.63) is 59.7 Å².